The molecule has 1 aromatic carbocycles. The summed E-state index contributed by atoms with van der Waals surface area (Å²) >= 11 is 0. The van der Waals surface area contributed by atoms with Crippen molar-refractivity contribution in [3.63, 3.8) is 0 Å². The van der Waals surface area contributed by atoms with E-state index in [0.29, 0.717) is 12.2 Å². The molecule has 100 valence electrons. The van der Waals surface area contributed by atoms with Crippen LogP contribution in [0.4, 0.5) is 15.8 Å². The van der Waals surface area contributed by atoms with Crippen molar-refractivity contribution in [1.82, 2.24) is 0 Å². The molecule has 0 heterocycles. The highest BCUT2D eigenvalue weighted by atomic mass is 32.2. The summed E-state index contributed by atoms with van der Waals surface area (Å²) in [7, 11) is -0.911. The normalized spacial score (nSPS) is 13.9. The van der Waals surface area contributed by atoms with Crippen LogP contribution in [-0.2, 0) is 10.8 Å². The molecule has 2 unspecified atom stereocenters. The molecule has 0 aliphatic carbocycles. The third-order valence-electron chi connectivity index (χ3n) is 2.40. The van der Waals surface area contributed by atoms with E-state index in [9.17, 15) is 18.7 Å². The molecule has 0 bridgehead atoms. The number of halogens is 1. The molecule has 0 aliphatic rings. The number of nitrogens with one attached hydrogen (secondary N) is 1. The number of rotatable bonds is 6. The van der Waals surface area contributed by atoms with Crippen LogP contribution in [0.15, 0.2) is 18.2 Å². The molecule has 7 heteroatoms. The van der Waals surface area contributed by atoms with Crippen LogP contribution in [0.1, 0.15) is 13.3 Å². The van der Waals surface area contributed by atoms with E-state index in [1.165, 1.54) is 0 Å². The van der Waals surface area contributed by atoms with E-state index in [0.717, 1.165) is 18.2 Å². The molecule has 5 nitrogen and oxygen atoms in total. The maximum absolute atomic E-state index is 13.1. The first-order valence-corrected chi connectivity index (χ1v) is 7.13. The van der Waals surface area contributed by atoms with Crippen LogP contribution in [0.25, 0.3) is 0 Å². The smallest absolute Gasteiger partial charge is 0.292 e. The molecule has 0 fully saturated rings. The minimum absolute atomic E-state index is 0.116. The van der Waals surface area contributed by atoms with Gasteiger partial charge in [0.1, 0.15) is 11.5 Å². The van der Waals surface area contributed by atoms with Gasteiger partial charge in [-0.3, -0.25) is 14.3 Å². The van der Waals surface area contributed by atoms with Crippen LogP contribution in [-0.4, -0.2) is 27.2 Å². The highest BCUT2D eigenvalue weighted by molar-refractivity contribution is 7.84. The molecule has 1 aromatic rings. The van der Waals surface area contributed by atoms with Crippen molar-refractivity contribution in [2.75, 3.05) is 17.3 Å². The first-order valence-electron chi connectivity index (χ1n) is 5.40. The molecule has 0 aliphatic heterocycles. The Kier molecular flexibility index (Phi) is 5.21. The van der Waals surface area contributed by atoms with Gasteiger partial charge in [0.2, 0.25) is 0 Å². The Bertz CT molecular complexity index is 468. The summed E-state index contributed by atoms with van der Waals surface area (Å²) < 4.78 is 24.0. The minimum atomic E-state index is -0.911. The van der Waals surface area contributed by atoms with E-state index in [4.69, 9.17) is 0 Å². The summed E-state index contributed by atoms with van der Waals surface area (Å²) in [5, 5.41) is 13.6. The minimum Gasteiger partial charge on any atom is -0.377 e. The predicted octanol–water partition coefficient (Wildman–Crippen LogP) is 2.30. The molecule has 2 atom stereocenters. The lowest BCUT2D eigenvalue weighted by Crippen LogP contribution is -2.18. The Balaban J connectivity index is 2.79. The zero-order valence-electron chi connectivity index (χ0n) is 10.2. The lowest BCUT2D eigenvalue weighted by molar-refractivity contribution is -0.384. The summed E-state index contributed by atoms with van der Waals surface area (Å²) in [4.78, 5) is 10.2. The maximum Gasteiger partial charge on any atom is 0.292 e. The number of benzene rings is 1. The van der Waals surface area contributed by atoms with Crippen molar-refractivity contribution in [3.05, 3.63) is 34.1 Å². The van der Waals surface area contributed by atoms with Gasteiger partial charge in [0, 0.05) is 41.0 Å². The fourth-order valence-corrected chi connectivity index (χ4v) is 2.15. The zero-order valence-corrected chi connectivity index (χ0v) is 11.0. The molecule has 1 N–H and O–H groups in total. The largest absolute Gasteiger partial charge is 0.377 e. The Morgan fingerprint density at radius 1 is 1.56 bits per heavy atom. The lowest BCUT2D eigenvalue weighted by Gasteiger charge is -2.14. The fourth-order valence-electron chi connectivity index (χ4n) is 1.46. The van der Waals surface area contributed by atoms with E-state index in [1.807, 2.05) is 6.92 Å². The zero-order chi connectivity index (χ0) is 13.7. The van der Waals surface area contributed by atoms with Gasteiger partial charge in [0.05, 0.1) is 4.92 Å². The van der Waals surface area contributed by atoms with Crippen molar-refractivity contribution in [1.29, 1.82) is 0 Å². The van der Waals surface area contributed by atoms with Gasteiger partial charge in [-0.05, 0) is 19.4 Å². The van der Waals surface area contributed by atoms with Gasteiger partial charge in [-0.15, -0.1) is 0 Å². The first-order chi connectivity index (χ1) is 8.40. The number of nitro groups is 1. The van der Waals surface area contributed by atoms with Gasteiger partial charge in [0.15, 0.2) is 0 Å². The van der Waals surface area contributed by atoms with Crippen LogP contribution in [0.3, 0.4) is 0 Å². The van der Waals surface area contributed by atoms with E-state index in [1.54, 1.807) is 6.26 Å². The van der Waals surface area contributed by atoms with E-state index in [2.05, 4.69) is 5.32 Å². The molecular formula is C11H15FN2O3S. The Hall–Kier alpha value is -1.50. The Morgan fingerprint density at radius 2 is 2.22 bits per heavy atom. The van der Waals surface area contributed by atoms with Crippen molar-refractivity contribution in [2.45, 2.75) is 19.4 Å². The van der Waals surface area contributed by atoms with Gasteiger partial charge in [-0.2, -0.15) is 0 Å². The molecule has 1 rings (SSSR count). The number of anilines is 1. The number of hydrogen-bond donors (Lipinski definition) is 1. The summed E-state index contributed by atoms with van der Waals surface area (Å²) in [6, 6.07) is 3.16. The number of nitrogens with zero attached hydrogens (tertiary/aromatic N) is 1. The van der Waals surface area contributed by atoms with Crippen LogP contribution >= 0.6 is 0 Å². The lowest BCUT2D eigenvalue weighted by atomic mass is 10.2. The quantitative estimate of drug-likeness (QED) is 0.638. The van der Waals surface area contributed by atoms with E-state index >= 15 is 0 Å². The average Bonchev–Trinajstić information content (AvgIpc) is 2.26. The predicted molar refractivity (Wildman–Crippen MR) is 69.7 cm³/mol. The Labute approximate surface area is 107 Å². The molecule has 0 saturated carbocycles. The molecule has 0 radical (unpaired) electrons. The van der Waals surface area contributed by atoms with Crippen LogP contribution in [0.5, 0.6) is 0 Å². The second kappa shape index (κ2) is 6.44. The van der Waals surface area contributed by atoms with Crippen molar-refractivity contribution in [3.8, 4) is 0 Å². The fraction of sp³-hybridized carbons (Fsp3) is 0.455. The first kappa shape index (κ1) is 14.6. The Morgan fingerprint density at radius 3 is 2.78 bits per heavy atom. The van der Waals surface area contributed by atoms with Crippen molar-refractivity contribution in [2.24, 2.45) is 0 Å². The second-order valence-corrected chi connectivity index (χ2v) is 5.58. The molecule has 0 saturated heterocycles. The average molecular weight is 274 g/mol. The summed E-state index contributed by atoms with van der Waals surface area (Å²) in [5.74, 6) is -0.0357. The summed E-state index contributed by atoms with van der Waals surface area (Å²) in [6.45, 7) is 1.81. The van der Waals surface area contributed by atoms with E-state index < -0.39 is 21.5 Å². The van der Waals surface area contributed by atoms with Crippen LogP contribution in [0.2, 0.25) is 0 Å². The monoisotopic (exact) mass is 274 g/mol. The highest BCUT2D eigenvalue weighted by Gasteiger charge is 2.16. The molecule has 0 aromatic heterocycles. The molecular weight excluding hydrogens is 259 g/mol. The number of nitro benzene ring substituents is 1. The SMILES string of the molecule is CC(CCS(C)=O)Nc1cc(F)ccc1[N+](=O)[O-]. The third-order valence-corrected chi connectivity index (χ3v) is 3.21. The van der Waals surface area contributed by atoms with E-state index in [-0.39, 0.29) is 17.4 Å². The van der Waals surface area contributed by atoms with Crippen molar-refractivity contribution >= 4 is 22.2 Å². The standard InChI is InChI=1S/C11H15FN2O3S/c1-8(5-6-18(2)17)13-10-7-9(12)3-4-11(10)14(15)16/h3-4,7-8,13H,5-6H2,1-2H3. The topological polar surface area (TPSA) is 72.2 Å². The summed E-state index contributed by atoms with van der Waals surface area (Å²) in [6.07, 6.45) is 2.19. The third kappa shape index (κ3) is 4.40. The molecule has 0 amide bonds. The van der Waals surface area contributed by atoms with Crippen LogP contribution < -0.4 is 5.32 Å². The maximum atomic E-state index is 13.1. The second-order valence-electron chi connectivity index (χ2n) is 4.03. The van der Waals surface area contributed by atoms with Gasteiger partial charge < -0.3 is 5.32 Å². The highest BCUT2D eigenvalue weighted by Crippen LogP contribution is 2.25. The van der Waals surface area contributed by atoms with Crippen molar-refractivity contribution < 1.29 is 13.5 Å². The number of hydrogen-bond acceptors (Lipinski definition) is 4. The van der Waals surface area contributed by atoms with Gasteiger partial charge in [-0.1, -0.05) is 0 Å². The van der Waals surface area contributed by atoms with Gasteiger partial charge in [0.25, 0.3) is 5.69 Å². The molecule has 18 heavy (non-hydrogen) atoms. The van der Waals surface area contributed by atoms with Crippen LogP contribution in [0, 0.1) is 15.9 Å². The van der Waals surface area contributed by atoms with Gasteiger partial charge >= 0.3 is 0 Å². The summed E-state index contributed by atoms with van der Waals surface area (Å²) in [5.41, 5.74) is -0.0183. The van der Waals surface area contributed by atoms with Gasteiger partial charge in [-0.25, -0.2) is 4.39 Å². The molecule has 0 spiro atoms.